The van der Waals surface area contributed by atoms with Gasteiger partial charge in [-0.25, -0.2) is 9.48 Å². The van der Waals surface area contributed by atoms with Crippen molar-refractivity contribution in [1.82, 2.24) is 9.78 Å². The van der Waals surface area contributed by atoms with Crippen LogP contribution in [0.25, 0.3) is 5.69 Å². The quantitative estimate of drug-likeness (QED) is 0.311. The Labute approximate surface area is 196 Å². The molecule has 166 valence electrons. The number of aromatic nitrogens is 2. The zero-order valence-electron chi connectivity index (χ0n) is 17.9. The number of benzene rings is 2. The smallest absolute Gasteiger partial charge is 0.324 e. The lowest BCUT2D eigenvalue weighted by Crippen LogP contribution is -2.21. The van der Waals surface area contributed by atoms with Crippen molar-refractivity contribution >= 4 is 46.4 Å². The summed E-state index contributed by atoms with van der Waals surface area (Å²) in [6.07, 6.45) is 1.52. The van der Waals surface area contributed by atoms with Gasteiger partial charge in [0.2, 0.25) is 0 Å². The Bertz CT molecular complexity index is 1230. The number of aryl methyl sites for hydroxylation is 1. The maximum atomic E-state index is 12.8. The van der Waals surface area contributed by atoms with E-state index in [1.54, 1.807) is 22.9 Å². The molecule has 2 aromatic carbocycles. The van der Waals surface area contributed by atoms with Crippen molar-refractivity contribution in [3.63, 3.8) is 0 Å². The zero-order valence-corrected chi connectivity index (χ0v) is 19.4. The van der Waals surface area contributed by atoms with Crippen LogP contribution in [-0.2, 0) is 11.8 Å². The van der Waals surface area contributed by atoms with Crippen molar-refractivity contribution in [1.29, 1.82) is 0 Å². The molecule has 1 heterocycles. The molecule has 0 saturated heterocycles. The number of nitrogens with zero attached hydrogens (tertiary/aromatic N) is 3. The van der Waals surface area contributed by atoms with Gasteiger partial charge in [-0.1, -0.05) is 61.3 Å². The second-order valence-corrected chi connectivity index (χ2v) is 9.43. The average Bonchev–Trinajstić information content (AvgIpc) is 3.34. The number of carbonyl (C=O) groups excluding carboxylic acids is 1. The molecule has 1 aliphatic carbocycles. The minimum absolute atomic E-state index is 0.233. The fraction of sp³-hybridized carbons (Fsp3) is 0.261. The molecular weight excluding hydrogens is 449 g/mol. The number of anilines is 2. The van der Waals surface area contributed by atoms with E-state index in [9.17, 15) is 10.0 Å². The SMILES string of the molecule is CC(C)(C)c1cc(NC(=O)Nc2cccc(Cl)c2Cl)n(-c2ccc3c(c2)/C(=N\O)CC3)n1. The number of halogens is 2. The Kier molecular flexibility index (Phi) is 5.88. The zero-order chi connectivity index (χ0) is 23.0. The number of amides is 2. The summed E-state index contributed by atoms with van der Waals surface area (Å²) >= 11 is 12.2. The molecule has 0 saturated carbocycles. The number of urea groups is 1. The van der Waals surface area contributed by atoms with Crippen LogP contribution in [-0.4, -0.2) is 26.7 Å². The van der Waals surface area contributed by atoms with Gasteiger partial charge in [0.1, 0.15) is 5.82 Å². The molecule has 4 rings (SSSR count). The van der Waals surface area contributed by atoms with E-state index < -0.39 is 6.03 Å². The fourth-order valence-corrected chi connectivity index (χ4v) is 3.93. The lowest BCUT2D eigenvalue weighted by atomic mass is 9.92. The molecule has 0 radical (unpaired) electrons. The van der Waals surface area contributed by atoms with Crippen LogP contribution in [0.3, 0.4) is 0 Å². The minimum Gasteiger partial charge on any atom is -0.411 e. The number of hydrogen-bond donors (Lipinski definition) is 3. The van der Waals surface area contributed by atoms with Gasteiger partial charge < -0.3 is 10.5 Å². The number of hydrogen-bond acceptors (Lipinski definition) is 4. The molecule has 9 heteroatoms. The predicted molar refractivity (Wildman–Crippen MR) is 128 cm³/mol. The van der Waals surface area contributed by atoms with E-state index in [1.807, 2.05) is 24.3 Å². The van der Waals surface area contributed by atoms with Crippen molar-refractivity contribution < 1.29 is 10.0 Å². The van der Waals surface area contributed by atoms with Gasteiger partial charge in [0.05, 0.1) is 32.8 Å². The molecule has 0 unspecified atom stereocenters. The molecule has 7 nitrogen and oxygen atoms in total. The summed E-state index contributed by atoms with van der Waals surface area (Å²) in [6.45, 7) is 6.15. The molecule has 1 aliphatic rings. The molecule has 0 aliphatic heterocycles. The molecule has 2 amide bonds. The third-order valence-electron chi connectivity index (χ3n) is 5.32. The van der Waals surface area contributed by atoms with E-state index in [0.717, 1.165) is 28.9 Å². The van der Waals surface area contributed by atoms with Gasteiger partial charge in [-0.3, -0.25) is 5.32 Å². The van der Waals surface area contributed by atoms with E-state index in [2.05, 4.69) is 36.6 Å². The Hall–Kier alpha value is -3.03. The van der Waals surface area contributed by atoms with Crippen LogP contribution in [0.4, 0.5) is 16.3 Å². The third-order valence-corrected chi connectivity index (χ3v) is 6.14. The van der Waals surface area contributed by atoms with Gasteiger partial charge in [-0.05, 0) is 42.7 Å². The Morgan fingerprint density at radius 2 is 1.91 bits per heavy atom. The van der Waals surface area contributed by atoms with E-state index in [0.29, 0.717) is 28.7 Å². The lowest BCUT2D eigenvalue weighted by molar-refractivity contribution is 0.262. The van der Waals surface area contributed by atoms with E-state index in [4.69, 9.17) is 28.3 Å². The summed E-state index contributed by atoms with van der Waals surface area (Å²) in [7, 11) is 0. The summed E-state index contributed by atoms with van der Waals surface area (Å²) in [4.78, 5) is 12.8. The van der Waals surface area contributed by atoms with Gasteiger partial charge in [-0.2, -0.15) is 5.10 Å². The van der Waals surface area contributed by atoms with Crippen LogP contribution >= 0.6 is 23.2 Å². The van der Waals surface area contributed by atoms with Crippen molar-refractivity contribution in [3.8, 4) is 5.69 Å². The maximum Gasteiger partial charge on any atom is 0.324 e. The Morgan fingerprint density at radius 3 is 2.62 bits per heavy atom. The van der Waals surface area contributed by atoms with Gasteiger partial charge in [0, 0.05) is 17.0 Å². The van der Waals surface area contributed by atoms with Crippen LogP contribution in [0.2, 0.25) is 10.0 Å². The molecular formula is C23H23Cl2N5O2. The first-order valence-electron chi connectivity index (χ1n) is 10.1. The highest BCUT2D eigenvalue weighted by Gasteiger charge is 2.24. The van der Waals surface area contributed by atoms with Crippen LogP contribution in [0.15, 0.2) is 47.6 Å². The summed E-state index contributed by atoms with van der Waals surface area (Å²) in [5.41, 5.74) is 4.38. The monoisotopic (exact) mass is 471 g/mol. The summed E-state index contributed by atoms with van der Waals surface area (Å²) in [5.74, 6) is 0.492. The number of nitrogens with one attached hydrogen (secondary N) is 2. The summed E-state index contributed by atoms with van der Waals surface area (Å²) in [5, 5.41) is 23.7. The molecule has 0 bridgehead atoms. The minimum atomic E-state index is -0.477. The van der Waals surface area contributed by atoms with Crippen LogP contribution in [0.1, 0.15) is 44.0 Å². The molecule has 1 aromatic heterocycles. The molecule has 3 aromatic rings. The number of carbonyl (C=O) groups is 1. The van der Waals surface area contributed by atoms with Crippen molar-refractivity contribution in [2.24, 2.45) is 5.16 Å². The van der Waals surface area contributed by atoms with Gasteiger partial charge >= 0.3 is 6.03 Å². The fourth-order valence-electron chi connectivity index (χ4n) is 3.58. The van der Waals surface area contributed by atoms with Crippen molar-refractivity contribution in [2.45, 2.75) is 39.0 Å². The molecule has 32 heavy (non-hydrogen) atoms. The number of rotatable bonds is 3. The molecule has 0 atom stereocenters. The van der Waals surface area contributed by atoms with E-state index in [1.165, 1.54) is 0 Å². The van der Waals surface area contributed by atoms with Gasteiger partial charge in [0.25, 0.3) is 0 Å². The standard InChI is InChI=1S/C23H23Cl2N5O2/c1-23(2,3)19-12-20(27-22(31)26-18-6-4-5-16(24)21(18)25)30(28-19)14-9-7-13-8-10-17(29-32)15(13)11-14/h4-7,9,11-12,32H,8,10H2,1-3H3,(H2,26,27,31)/b29-17-. The highest BCUT2D eigenvalue weighted by molar-refractivity contribution is 6.44. The number of oxime groups is 1. The highest BCUT2D eigenvalue weighted by Crippen LogP contribution is 2.31. The molecule has 0 fully saturated rings. The van der Waals surface area contributed by atoms with Crippen LogP contribution < -0.4 is 10.6 Å². The van der Waals surface area contributed by atoms with Crippen molar-refractivity contribution in [2.75, 3.05) is 10.6 Å². The maximum absolute atomic E-state index is 12.8. The Morgan fingerprint density at radius 1 is 1.12 bits per heavy atom. The van der Waals surface area contributed by atoms with Crippen LogP contribution in [0.5, 0.6) is 0 Å². The van der Waals surface area contributed by atoms with E-state index in [-0.39, 0.29) is 10.4 Å². The van der Waals surface area contributed by atoms with Crippen molar-refractivity contribution in [3.05, 3.63) is 69.3 Å². The second-order valence-electron chi connectivity index (χ2n) is 8.65. The van der Waals surface area contributed by atoms with Crippen LogP contribution in [0, 0.1) is 0 Å². The lowest BCUT2D eigenvalue weighted by Gasteiger charge is -2.14. The summed E-state index contributed by atoms with van der Waals surface area (Å²) < 4.78 is 1.67. The third kappa shape index (κ3) is 4.31. The van der Waals surface area contributed by atoms with Gasteiger partial charge in [0.15, 0.2) is 0 Å². The topological polar surface area (TPSA) is 91.5 Å². The molecule has 0 spiro atoms. The van der Waals surface area contributed by atoms with Gasteiger partial charge in [-0.15, -0.1) is 0 Å². The first-order valence-corrected chi connectivity index (χ1v) is 10.9. The number of fused-ring (bicyclic) bond motifs is 1. The first-order chi connectivity index (χ1) is 15.2. The Balaban J connectivity index is 1.69. The largest absolute Gasteiger partial charge is 0.411 e. The second kappa shape index (κ2) is 8.48. The predicted octanol–water partition coefficient (Wildman–Crippen LogP) is 6.25. The highest BCUT2D eigenvalue weighted by atomic mass is 35.5. The molecule has 3 N–H and O–H groups in total. The average molecular weight is 472 g/mol. The van der Waals surface area contributed by atoms with E-state index >= 15 is 0 Å². The summed E-state index contributed by atoms with van der Waals surface area (Å²) in [6, 6.07) is 12.2. The first kappa shape index (κ1) is 22.2. The normalized spacial score (nSPS) is 14.5.